The fourth-order valence-corrected chi connectivity index (χ4v) is 5.28. The molecule has 0 radical (unpaired) electrons. The number of nitrogens with zero attached hydrogens (tertiary/aromatic N) is 2. The molecule has 36 heavy (non-hydrogen) atoms. The molecule has 3 aromatic rings. The predicted octanol–water partition coefficient (Wildman–Crippen LogP) is 5.68. The first kappa shape index (κ1) is 24.3. The van der Waals surface area contributed by atoms with E-state index in [9.17, 15) is 9.59 Å². The van der Waals surface area contributed by atoms with Crippen LogP contribution < -0.4 is 10.2 Å². The van der Waals surface area contributed by atoms with Crippen molar-refractivity contribution in [2.45, 2.75) is 25.9 Å². The maximum atomic E-state index is 12.1. The Balaban J connectivity index is 0.000000189. The molecule has 6 rings (SSSR count). The maximum absolute atomic E-state index is 12.1. The third kappa shape index (κ3) is 4.22. The van der Waals surface area contributed by atoms with Gasteiger partial charge in [0, 0.05) is 23.2 Å². The fraction of sp³-hybridized carbons (Fsp3) is 0.240. The van der Waals surface area contributed by atoms with Gasteiger partial charge in [0.25, 0.3) is 12.4 Å². The zero-order valence-corrected chi connectivity index (χ0v) is 21.5. The number of aromatic nitrogens is 1. The molecule has 3 aliphatic rings. The number of benzene rings is 1. The highest BCUT2D eigenvalue weighted by molar-refractivity contribution is 7.14. The van der Waals surface area contributed by atoms with Crippen molar-refractivity contribution >= 4 is 58.7 Å². The molecule has 1 saturated heterocycles. The molecule has 2 aliphatic heterocycles. The van der Waals surface area contributed by atoms with Crippen molar-refractivity contribution in [1.29, 1.82) is 0 Å². The minimum atomic E-state index is -0.281. The minimum Gasteiger partial charge on any atom is -0.460 e. The van der Waals surface area contributed by atoms with Crippen LogP contribution in [0.5, 0.6) is 5.06 Å². The molecule has 1 aliphatic carbocycles. The van der Waals surface area contributed by atoms with Crippen molar-refractivity contribution in [2.75, 3.05) is 12.4 Å². The Morgan fingerprint density at radius 1 is 1.31 bits per heavy atom. The van der Waals surface area contributed by atoms with Crippen LogP contribution in [0.1, 0.15) is 47.6 Å². The van der Waals surface area contributed by atoms with Crippen molar-refractivity contribution in [2.24, 2.45) is 5.41 Å². The highest BCUT2D eigenvalue weighted by Crippen LogP contribution is 2.63. The molecule has 1 saturated carbocycles. The SMILES string of the molecule is CC(OC=O)c1ccccc1Cl.CNc1c(Cl)noc1C#Cc1cc2c(s1)ON1C(=O)C3(CC3)C1=C2. The van der Waals surface area contributed by atoms with Crippen molar-refractivity contribution in [1.82, 2.24) is 10.2 Å². The molecular weight excluding hydrogens is 525 g/mol. The third-order valence-electron chi connectivity index (χ3n) is 6.05. The largest absolute Gasteiger partial charge is 0.460 e. The minimum absolute atomic E-state index is 0.0652. The Kier molecular flexibility index (Phi) is 6.43. The van der Waals surface area contributed by atoms with Crippen LogP contribution in [0.2, 0.25) is 10.2 Å². The number of rotatable bonds is 4. The Morgan fingerprint density at radius 2 is 2.08 bits per heavy atom. The number of thiophene rings is 1. The van der Waals surface area contributed by atoms with Crippen molar-refractivity contribution in [3.05, 3.63) is 68.0 Å². The lowest BCUT2D eigenvalue weighted by molar-refractivity contribution is -0.174. The molecule has 1 spiro atoms. The summed E-state index contributed by atoms with van der Waals surface area (Å²) in [6.45, 7) is 2.20. The zero-order chi connectivity index (χ0) is 25.4. The van der Waals surface area contributed by atoms with Gasteiger partial charge in [0.05, 0.1) is 16.0 Å². The number of ether oxygens (including phenoxy) is 1. The van der Waals surface area contributed by atoms with Gasteiger partial charge in [-0.2, -0.15) is 0 Å². The fourth-order valence-electron chi connectivity index (χ4n) is 3.94. The lowest BCUT2D eigenvalue weighted by atomic mass is 9.90. The standard InChI is InChI=1S/C16H10ClN3O3S.C9H9ClO2/c1-18-12-10(22-19-13(12)17)3-2-9-6-8-7-11-16(4-5-16)15(21)20(11)23-14(8)24-9;1-7(12-6-11)8-4-2-3-5-9(8)10/h6-7,18H,4-5H2,1H3;2-7H,1H3. The number of anilines is 1. The Labute approximate surface area is 220 Å². The summed E-state index contributed by atoms with van der Waals surface area (Å²) in [5.41, 5.74) is 3.06. The van der Waals surface area contributed by atoms with Crippen molar-refractivity contribution in [3.8, 4) is 16.9 Å². The molecule has 1 atom stereocenters. The van der Waals surface area contributed by atoms with E-state index in [0.717, 1.165) is 34.5 Å². The number of hydrogen-bond acceptors (Lipinski definition) is 8. The zero-order valence-electron chi connectivity index (χ0n) is 19.1. The molecule has 11 heteroatoms. The van der Waals surface area contributed by atoms with Gasteiger partial charge in [-0.1, -0.05) is 57.9 Å². The smallest absolute Gasteiger partial charge is 0.293 e. The normalized spacial score (nSPS) is 16.5. The molecular formula is C25H19Cl2N3O5S. The van der Waals surface area contributed by atoms with Gasteiger partial charge in [0.2, 0.25) is 10.8 Å². The molecule has 1 amide bonds. The lowest BCUT2D eigenvalue weighted by Crippen LogP contribution is -2.54. The summed E-state index contributed by atoms with van der Waals surface area (Å²) in [5.74, 6) is 6.38. The van der Waals surface area contributed by atoms with Gasteiger partial charge >= 0.3 is 0 Å². The first-order chi connectivity index (χ1) is 17.4. The van der Waals surface area contributed by atoms with Crippen molar-refractivity contribution < 1.29 is 23.7 Å². The topological polar surface area (TPSA) is 93.9 Å². The van der Waals surface area contributed by atoms with Gasteiger partial charge in [-0.3, -0.25) is 9.59 Å². The number of halogens is 2. The van der Waals surface area contributed by atoms with E-state index in [1.54, 1.807) is 20.0 Å². The molecule has 1 unspecified atom stereocenters. The first-order valence-electron chi connectivity index (χ1n) is 10.9. The number of β-lactam (4-membered cyclic amide) rings is 1. The molecule has 184 valence electrons. The van der Waals surface area contributed by atoms with Gasteiger partial charge in [0.15, 0.2) is 5.15 Å². The summed E-state index contributed by atoms with van der Waals surface area (Å²) in [5, 5.41) is 9.52. The van der Waals surface area contributed by atoms with E-state index in [2.05, 4.69) is 22.3 Å². The van der Waals surface area contributed by atoms with E-state index in [4.69, 9.17) is 37.3 Å². The monoisotopic (exact) mass is 543 g/mol. The second-order valence-electron chi connectivity index (χ2n) is 8.23. The van der Waals surface area contributed by atoms with E-state index in [1.807, 2.05) is 30.3 Å². The van der Waals surface area contributed by atoms with Crippen LogP contribution in [0.25, 0.3) is 6.08 Å². The van der Waals surface area contributed by atoms with E-state index >= 15 is 0 Å². The quantitative estimate of drug-likeness (QED) is 0.257. The van der Waals surface area contributed by atoms with E-state index in [-0.39, 0.29) is 22.6 Å². The van der Waals surface area contributed by atoms with Crippen LogP contribution in [0.15, 0.2) is 40.6 Å². The highest BCUT2D eigenvalue weighted by atomic mass is 35.5. The number of amides is 1. The first-order valence-corrected chi connectivity index (χ1v) is 12.5. The number of fused-ring (bicyclic) bond motifs is 3. The van der Waals surface area contributed by atoms with Gasteiger partial charge in [-0.25, -0.2) is 0 Å². The summed E-state index contributed by atoms with van der Waals surface area (Å²) in [6, 6.07) is 9.23. The average Bonchev–Trinajstić information content (AvgIpc) is 3.51. The van der Waals surface area contributed by atoms with Crippen LogP contribution in [0.4, 0.5) is 5.69 Å². The van der Waals surface area contributed by atoms with Gasteiger partial charge in [-0.15, -0.1) is 5.06 Å². The van der Waals surface area contributed by atoms with Gasteiger partial charge in [-0.05, 0) is 49.8 Å². The predicted molar refractivity (Wildman–Crippen MR) is 135 cm³/mol. The van der Waals surface area contributed by atoms with Crippen LogP contribution in [-0.2, 0) is 14.3 Å². The van der Waals surface area contributed by atoms with Crippen LogP contribution in [-0.4, -0.2) is 29.6 Å². The van der Waals surface area contributed by atoms with Gasteiger partial charge < -0.3 is 19.4 Å². The Hall–Kier alpha value is -3.45. The summed E-state index contributed by atoms with van der Waals surface area (Å²) in [4.78, 5) is 28.6. The number of nitrogens with one attached hydrogen (secondary N) is 1. The van der Waals surface area contributed by atoms with Crippen LogP contribution in [0.3, 0.4) is 0 Å². The summed E-state index contributed by atoms with van der Waals surface area (Å²) in [7, 11) is 1.72. The summed E-state index contributed by atoms with van der Waals surface area (Å²) in [6.07, 6.45) is 3.58. The van der Waals surface area contributed by atoms with E-state index < -0.39 is 0 Å². The lowest BCUT2D eigenvalue weighted by Gasteiger charge is -2.41. The third-order valence-corrected chi connectivity index (χ3v) is 7.58. The molecule has 0 bridgehead atoms. The second-order valence-corrected chi connectivity index (χ2v) is 10.0. The molecule has 1 N–H and O–H groups in total. The number of carbonyl (C=O) groups is 2. The Morgan fingerprint density at radius 3 is 2.78 bits per heavy atom. The molecule has 2 aromatic heterocycles. The highest BCUT2D eigenvalue weighted by Gasteiger charge is 2.67. The number of hydrogen-bond donors (Lipinski definition) is 1. The number of hydroxylamine groups is 2. The molecule has 1 aromatic carbocycles. The van der Waals surface area contributed by atoms with E-state index in [0.29, 0.717) is 28.0 Å². The van der Waals surface area contributed by atoms with Crippen molar-refractivity contribution in [3.63, 3.8) is 0 Å². The van der Waals surface area contributed by atoms with Gasteiger partial charge in [0.1, 0.15) is 11.8 Å². The summed E-state index contributed by atoms with van der Waals surface area (Å²) >= 11 is 13.1. The molecule has 2 fully saturated rings. The average molecular weight is 544 g/mol. The molecule has 4 heterocycles. The van der Waals surface area contributed by atoms with Crippen LogP contribution >= 0.6 is 34.5 Å². The summed E-state index contributed by atoms with van der Waals surface area (Å²) < 4.78 is 9.84. The Bertz CT molecular complexity index is 1450. The molecule has 8 nitrogen and oxygen atoms in total. The van der Waals surface area contributed by atoms with Crippen LogP contribution in [0, 0.1) is 17.3 Å². The maximum Gasteiger partial charge on any atom is 0.293 e. The van der Waals surface area contributed by atoms with E-state index in [1.165, 1.54) is 16.4 Å². The number of carbonyl (C=O) groups excluding carboxylic acids is 2. The second kappa shape index (κ2) is 9.54.